The highest BCUT2D eigenvalue weighted by Crippen LogP contribution is 2.39. The summed E-state index contributed by atoms with van der Waals surface area (Å²) < 4.78 is 0. The molecule has 1 aliphatic heterocycles. The Morgan fingerprint density at radius 1 is 1.19 bits per heavy atom. The molecule has 7 nitrogen and oxygen atoms in total. The molecule has 4 rings (SSSR count). The van der Waals surface area contributed by atoms with Gasteiger partial charge in [0.15, 0.2) is 0 Å². The van der Waals surface area contributed by atoms with E-state index in [0.29, 0.717) is 31.6 Å². The van der Waals surface area contributed by atoms with E-state index < -0.39 is 0 Å². The van der Waals surface area contributed by atoms with Crippen LogP contribution in [0.3, 0.4) is 0 Å². The summed E-state index contributed by atoms with van der Waals surface area (Å²) in [4.78, 5) is 34.9. The van der Waals surface area contributed by atoms with Gasteiger partial charge in [0.05, 0.1) is 11.3 Å². The van der Waals surface area contributed by atoms with Crippen molar-refractivity contribution in [3.8, 4) is 0 Å². The topological polar surface area (TPSA) is 77.6 Å². The average molecular weight is 512 g/mol. The lowest BCUT2D eigenvalue weighted by Gasteiger charge is -2.40. The first-order valence-corrected chi connectivity index (χ1v) is 14.4. The number of piperidine rings is 1. The number of carbonyl (C=O) groups excluding carboxylic acids is 2. The summed E-state index contributed by atoms with van der Waals surface area (Å²) in [6.45, 7) is 12.0. The van der Waals surface area contributed by atoms with Crippen LogP contribution in [-0.2, 0) is 6.54 Å². The molecule has 196 valence electrons. The van der Waals surface area contributed by atoms with Crippen LogP contribution in [0, 0.1) is 13.8 Å². The van der Waals surface area contributed by atoms with Gasteiger partial charge in [0.25, 0.3) is 5.91 Å². The van der Waals surface area contributed by atoms with Crippen LogP contribution >= 0.6 is 11.3 Å². The molecule has 0 unspecified atom stereocenters. The van der Waals surface area contributed by atoms with Gasteiger partial charge in [0.2, 0.25) is 0 Å². The van der Waals surface area contributed by atoms with Crippen LogP contribution in [-0.4, -0.2) is 65.0 Å². The molecular weight excluding hydrogens is 470 g/mol. The summed E-state index contributed by atoms with van der Waals surface area (Å²) in [5.41, 5.74) is 4.92. The van der Waals surface area contributed by atoms with E-state index in [1.165, 1.54) is 18.4 Å². The highest BCUT2D eigenvalue weighted by atomic mass is 32.1. The van der Waals surface area contributed by atoms with Crippen molar-refractivity contribution in [3.05, 3.63) is 51.0 Å². The van der Waals surface area contributed by atoms with Crippen molar-refractivity contribution in [2.24, 2.45) is 0 Å². The third-order valence-electron chi connectivity index (χ3n) is 7.57. The molecule has 3 heterocycles. The fraction of sp³-hybridized carbons (Fsp3) is 0.607. The number of pyridine rings is 1. The molecule has 2 N–H and O–H groups in total. The smallest absolute Gasteiger partial charge is 0.317 e. The molecule has 0 bridgehead atoms. The molecule has 2 aromatic heterocycles. The number of urea groups is 1. The van der Waals surface area contributed by atoms with Gasteiger partial charge >= 0.3 is 6.03 Å². The molecule has 0 spiro atoms. The molecule has 3 amide bonds. The van der Waals surface area contributed by atoms with Crippen LogP contribution in [0.5, 0.6) is 0 Å². The lowest BCUT2D eigenvalue weighted by molar-refractivity contribution is 0.0905. The van der Waals surface area contributed by atoms with E-state index in [4.69, 9.17) is 4.98 Å². The number of aryl methyl sites for hydroxylation is 2. The number of aromatic nitrogens is 1. The summed E-state index contributed by atoms with van der Waals surface area (Å²) in [6, 6.07) is 4.84. The standard InChI is InChI=1S/C28H41N5O2S/c1-5-29-28(35)33(17-22-11-15-36-18-22)24-9-13-32(14-10-24)20(3)8-12-30-27(34)26-19(2)16-25(23-6-7-23)31-21(26)4/h11,15-16,18,20,23-24H,5-10,12-14,17H2,1-4H3,(H,29,35)(H,30,34)/t20-/m1/s1. The molecule has 2 aromatic rings. The Morgan fingerprint density at radius 2 is 1.94 bits per heavy atom. The minimum Gasteiger partial charge on any atom is -0.352 e. The number of rotatable bonds is 10. The summed E-state index contributed by atoms with van der Waals surface area (Å²) in [5.74, 6) is 0.574. The Bertz CT molecular complexity index is 1010. The fourth-order valence-corrected chi connectivity index (χ4v) is 5.96. The SMILES string of the molecule is CCNC(=O)N(Cc1ccsc1)C1CCN([C@H](C)CCNC(=O)c2c(C)cc(C3CC3)nc2C)CC1. The highest BCUT2D eigenvalue weighted by Gasteiger charge is 2.30. The second-order valence-corrected chi connectivity index (χ2v) is 11.1. The van der Waals surface area contributed by atoms with E-state index in [-0.39, 0.29) is 18.0 Å². The first-order valence-electron chi connectivity index (χ1n) is 13.4. The first-order chi connectivity index (χ1) is 17.4. The minimum atomic E-state index is -0.0169. The number of nitrogens with one attached hydrogen (secondary N) is 2. The Labute approximate surface area is 219 Å². The molecule has 1 saturated carbocycles. The van der Waals surface area contributed by atoms with Crippen molar-refractivity contribution in [2.75, 3.05) is 26.2 Å². The van der Waals surface area contributed by atoms with Crippen LogP contribution in [0.15, 0.2) is 22.9 Å². The van der Waals surface area contributed by atoms with E-state index in [1.54, 1.807) is 11.3 Å². The number of thiophene rings is 1. The number of nitrogens with zero attached hydrogens (tertiary/aromatic N) is 3. The van der Waals surface area contributed by atoms with Crippen molar-refractivity contribution in [1.82, 2.24) is 25.4 Å². The van der Waals surface area contributed by atoms with Gasteiger partial charge in [-0.15, -0.1) is 0 Å². The Hall–Kier alpha value is -2.45. The number of hydrogen-bond donors (Lipinski definition) is 2. The van der Waals surface area contributed by atoms with Crippen molar-refractivity contribution < 1.29 is 9.59 Å². The molecule has 1 atom stereocenters. The number of carbonyl (C=O) groups is 2. The second-order valence-electron chi connectivity index (χ2n) is 10.4. The molecule has 1 saturated heterocycles. The molecule has 2 aliphatic rings. The number of hydrogen-bond acceptors (Lipinski definition) is 5. The van der Waals surface area contributed by atoms with Crippen LogP contribution < -0.4 is 10.6 Å². The van der Waals surface area contributed by atoms with Gasteiger partial charge in [-0.1, -0.05) is 0 Å². The molecular formula is C28H41N5O2S. The first kappa shape index (κ1) is 26.6. The van der Waals surface area contributed by atoms with Gasteiger partial charge in [-0.2, -0.15) is 11.3 Å². The highest BCUT2D eigenvalue weighted by molar-refractivity contribution is 7.07. The van der Waals surface area contributed by atoms with Crippen molar-refractivity contribution in [2.45, 2.75) is 84.3 Å². The van der Waals surface area contributed by atoms with Crippen molar-refractivity contribution in [1.29, 1.82) is 0 Å². The molecule has 1 aliphatic carbocycles. The third kappa shape index (κ3) is 6.65. The van der Waals surface area contributed by atoms with E-state index in [0.717, 1.165) is 54.9 Å². The zero-order chi connectivity index (χ0) is 25.7. The quantitative estimate of drug-likeness (QED) is 0.478. The molecule has 2 fully saturated rings. The zero-order valence-electron chi connectivity index (χ0n) is 22.2. The zero-order valence-corrected chi connectivity index (χ0v) is 23.0. The number of amides is 3. The van der Waals surface area contributed by atoms with Crippen LogP contribution in [0.2, 0.25) is 0 Å². The summed E-state index contributed by atoms with van der Waals surface area (Å²) >= 11 is 1.67. The molecule has 0 aromatic carbocycles. The van der Waals surface area contributed by atoms with Crippen LogP contribution in [0.4, 0.5) is 4.79 Å². The van der Waals surface area contributed by atoms with E-state index >= 15 is 0 Å². The maximum atomic E-state index is 12.9. The number of likely N-dealkylation sites (tertiary alicyclic amines) is 1. The van der Waals surface area contributed by atoms with Gasteiger partial charge in [-0.3, -0.25) is 9.78 Å². The molecule has 0 radical (unpaired) electrons. The maximum Gasteiger partial charge on any atom is 0.317 e. The lowest BCUT2D eigenvalue weighted by Crippen LogP contribution is -2.51. The molecule has 8 heteroatoms. The van der Waals surface area contributed by atoms with Gasteiger partial charge < -0.3 is 20.4 Å². The van der Waals surface area contributed by atoms with E-state index in [1.807, 2.05) is 25.7 Å². The summed E-state index contributed by atoms with van der Waals surface area (Å²) in [7, 11) is 0. The van der Waals surface area contributed by atoms with Gasteiger partial charge in [0, 0.05) is 56.4 Å². The predicted molar refractivity (Wildman–Crippen MR) is 146 cm³/mol. The van der Waals surface area contributed by atoms with Crippen molar-refractivity contribution in [3.63, 3.8) is 0 Å². The van der Waals surface area contributed by atoms with E-state index in [9.17, 15) is 9.59 Å². The average Bonchev–Trinajstić information content (AvgIpc) is 3.58. The van der Waals surface area contributed by atoms with Gasteiger partial charge in [0.1, 0.15) is 0 Å². The molecule has 36 heavy (non-hydrogen) atoms. The third-order valence-corrected chi connectivity index (χ3v) is 8.30. The van der Waals surface area contributed by atoms with Crippen LogP contribution in [0.25, 0.3) is 0 Å². The monoisotopic (exact) mass is 511 g/mol. The summed E-state index contributed by atoms with van der Waals surface area (Å²) in [5, 5.41) is 10.3. The largest absolute Gasteiger partial charge is 0.352 e. The summed E-state index contributed by atoms with van der Waals surface area (Å²) in [6.07, 6.45) is 5.26. The van der Waals surface area contributed by atoms with Gasteiger partial charge in [-0.05, 0) is 93.8 Å². The Kier molecular flexibility index (Phi) is 9.01. The van der Waals surface area contributed by atoms with Gasteiger partial charge in [-0.25, -0.2) is 4.79 Å². The Morgan fingerprint density at radius 3 is 2.56 bits per heavy atom. The van der Waals surface area contributed by atoms with E-state index in [2.05, 4.69) is 45.4 Å². The van der Waals surface area contributed by atoms with Crippen molar-refractivity contribution >= 4 is 23.3 Å². The minimum absolute atomic E-state index is 0.0169. The lowest BCUT2D eigenvalue weighted by atomic mass is 10.0. The second kappa shape index (κ2) is 12.2. The Balaban J connectivity index is 1.25. The van der Waals surface area contributed by atoms with Crippen LogP contribution in [0.1, 0.15) is 84.7 Å². The fourth-order valence-electron chi connectivity index (χ4n) is 5.30. The maximum absolute atomic E-state index is 12.9. The normalized spacial score (nSPS) is 17.6. The predicted octanol–water partition coefficient (Wildman–Crippen LogP) is 4.84.